The van der Waals surface area contributed by atoms with Gasteiger partial charge in [-0.3, -0.25) is 14.5 Å². The van der Waals surface area contributed by atoms with E-state index < -0.39 is 0 Å². The van der Waals surface area contributed by atoms with E-state index in [0.29, 0.717) is 29.5 Å². The maximum absolute atomic E-state index is 12.4. The molecule has 1 aliphatic rings. The van der Waals surface area contributed by atoms with E-state index in [0.717, 1.165) is 25.7 Å². The van der Waals surface area contributed by atoms with Crippen LogP contribution in [0.3, 0.4) is 0 Å². The summed E-state index contributed by atoms with van der Waals surface area (Å²) < 4.78 is 6.08. The number of methoxy groups -OCH3 is 1. The Bertz CT molecular complexity index is 832. The quantitative estimate of drug-likeness (QED) is 0.425. The molecule has 0 aliphatic carbocycles. The molecule has 4 nitrogen and oxygen atoms in total. The maximum atomic E-state index is 12.4. The second-order valence-electron chi connectivity index (χ2n) is 5.39. The minimum atomic E-state index is -0.226. The zero-order valence-electron chi connectivity index (χ0n) is 13.9. The monoisotopic (exact) mass is 425 g/mol. The van der Waals surface area contributed by atoms with E-state index >= 15 is 0 Å². The van der Waals surface area contributed by atoms with Crippen molar-refractivity contribution in [3.63, 3.8) is 0 Å². The van der Waals surface area contributed by atoms with Crippen LogP contribution in [-0.2, 0) is 9.53 Å². The normalized spacial score (nSPS) is 16.1. The summed E-state index contributed by atoms with van der Waals surface area (Å²) in [4.78, 5) is 28.2. The zero-order chi connectivity index (χ0) is 18.5. The SMILES string of the molecule is COCCCN1C(=O)S/C(=C/c2ccc(Sc3ccc(Cl)cc3)s2)C1=O. The molecule has 0 atom stereocenters. The predicted molar refractivity (Wildman–Crippen MR) is 109 cm³/mol. The van der Waals surface area contributed by atoms with Crippen LogP contribution < -0.4 is 0 Å². The number of thioether (sulfide) groups is 1. The summed E-state index contributed by atoms with van der Waals surface area (Å²) in [6.45, 7) is 0.912. The number of benzene rings is 1. The molecule has 26 heavy (non-hydrogen) atoms. The zero-order valence-corrected chi connectivity index (χ0v) is 17.1. The smallest absolute Gasteiger partial charge is 0.293 e. The molecule has 0 unspecified atom stereocenters. The molecular weight excluding hydrogens is 410 g/mol. The summed E-state index contributed by atoms with van der Waals surface area (Å²) in [5.74, 6) is -0.226. The number of amides is 2. The molecule has 2 aromatic rings. The Morgan fingerprint density at radius 1 is 1.19 bits per heavy atom. The molecule has 0 saturated carbocycles. The van der Waals surface area contributed by atoms with E-state index in [1.165, 1.54) is 4.90 Å². The molecule has 0 spiro atoms. The van der Waals surface area contributed by atoms with Gasteiger partial charge in [-0.1, -0.05) is 23.4 Å². The fourth-order valence-corrected chi connectivity index (χ4v) is 5.40. The van der Waals surface area contributed by atoms with Gasteiger partial charge in [0, 0.05) is 35.1 Å². The van der Waals surface area contributed by atoms with E-state index in [-0.39, 0.29) is 11.1 Å². The van der Waals surface area contributed by atoms with Crippen LogP contribution in [-0.4, -0.2) is 36.3 Å². The van der Waals surface area contributed by atoms with E-state index in [2.05, 4.69) is 0 Å². The van der Waals surface area contributed by atoms with Gasteiger partial charge < -0.3 is 4.74 Å². The van der Waals surface area contributed by atoms with Crippen LogP contribution in [0.1, 0.15) is 11.3 Å². The van der Waals surface area contributed by atoms with Crippen molar-refractivity contribution in [2.24, 2.45) is 0 Å². The number of hydrogen-bond acceptors (Lipinski definition) is 6. The van der Waals surface area contributed by atoms with Crippen LogP contribution in [0.15, 0.2) is 50.4 Å². The first kappa shape index (κ1) is 19.5. The van der Waals surface area contributed by atoms with Gasteiger partial charge >= 0.3 is 0 Å². The highest BCUT2D eigenvalue weighted by Gasteiger charge is 2.34. The largest absolute Gasteiger partial charge is 0.385 e. The van der Waals surface area contributed by atoms with Crippen molar-refractivity contribution in [2.45, 2.75) is 15.5 Å². The fourth-order valence-electron chi connectivity index (χ4n) is 2.27. The molecule has 1 aromatic carbocycles. The predicted octanol–water partition coefficient (Wildman–Crippen LogP) is 5.63. The van der Waals surface area contributed by atoms with Crippen LogP contribution in [0.2, 0.25) is 5.02 Å². The highest BCUT2D eigenvalue weighted by molar-refractivity contribution is 8.18. The Morgan fingerprint density at radius 3 is 2.69 bits per heavy atom. The van der Waals surface area contributed by atoms with E-state index in [9.17, 15) is 9.59 Å². The van der Waals surface area contributed by atoms with Gasteiger partial charge in [0.05, 0.1) is 9.11 Å². The van der Waals surface area contributed by atoms with Crippen LogP contribution in [0.4, 0.5) is 4.79 Å². The van der Waals surface area contributed by atoms with Crippen LogP contribution >= 0.6 is 46.5 Å². The Balaban J connectivity index is 1.66. The van der Waals surface area contributed by atoms with Crippen molar-refractivity contribution < 1.29 is 14.3 Å². The third kappa shape index (κ3) is 4.92. The highest BCUT2D eigenvalue weighted by Crippen LogP contribution is 2.37. The van der Waals surface area contributed by atoms with Crippen molar-refractivity contribution >= 4 is 63.7 Å². The average Bonchev–Trinajstić information content (AvgIpc) is 3.16. The Hall–Kier alpha value is -1.25. The van der Waals surface area contributed by atoms with Gasteiger partial charge in [0.2, 0.25) is 0 Å². The molecule has 1 aromatic heterocycles. The molecule has 136 valence electrons. The molecule has 1 aliphatic heterocycles. The number of thiophene rings is 1. The maximum Gasteiger partial charge on any atom is 0.293 e. The summed E-state index contributed by atoms with van der Waals surface area (Å²) in [5.41, 5.74) is 0. The second kappa shape index (κ2) is 9.10. The molecule has 8 heteroatoms. The number of imide groups is 1. The van der Waals surface area contributed by atoms with Crippen LogP contribution in [0.5, 0.6) is 0 Å². The summed E-state index contributed by atoms with van der Waals surface area (Å²) in [5, 5.41) is 0.493. The topological polar surface area (TPSA) is 46.6 Å². The third-order valence-corrected chi connectivity index (χ3v) is 6.84. The van der Waals surface area contributed by atoms with E-state index in [1.54, 1.807) is 36.3 Å². The lowest BCUT2D eigenvalue weighted by Crippen LogP contribution is -2.29. The highest BCUT2D eigenvalue weighted by atomic mass is 35.5. The van der Waals surface area contributed by atoms with Crippen molar-refractivity contribution in [1.29, 1.82) is 0 Å². The van der Waals surface area contributed by atoms with Gasteiger partial charge in [0.15, 0.2) is 0 Å². The van der Waals surface area contributed by atoms with Gasteiger partial charge in [0.25, 0.3) is 11.1 Å². The van der Waals surface area contributed by atoms with Gasteiger partial charge in [-0.15, -0.1) is 11.3 Å². The summed E-state index contributed by atoms with van der Waals surface area (Å²) in [7, 11) is 1.60. The molecule has 0 N–H and O–H groups in total. The number of ether oxygens (including phenoxy) is 1. The van der Waals surface area contributed by atoms with Crippen molar-refractivity contribution in [3.8, 4) is 0 Å². The number of nitrogens with zero attached hydrogens (tertiary/aromatic N) is 1. The fraction of sp³-hybridized carbons (Fsp3) is 0.222. The lowest BCUT2D eigenvalue weighted by Gasteiger charge is -2.11. The summed E-state index contributed by atoms with van der Waals surface area (Å²) >= 11 is 10.1. The summed E-state index contributed by atoms with van der Waals surface area (Å²) in [6, 6.07) is 11.6. The molecule has 1 saturated heterocycles. The van der Waals surface area contributed by atoms with Gasteiger partial charge in [0.1, 0.15) is 0 Å². The number of carbonyl (C=O) groups is 2. The Labute approximate surface area is 169 Å². The van der Waals surface area contributed by atoms with Gasteiger partial charge in [-0.25, -0.2) is 0 Å². The van der Waals surface area contributed by atoms with Crippen molar-refractivity contribution in [2.75, 3.05) is 20.3 Å². The minimum Gasteiger partial charge on any atom is -0.385 e. The lowest BCUT2D eigenvalue weighted by atomic mass is 10.3. The van der Waals surface area contributed by atoms with Crippen molar-refractivity contribution in [3.05, 3.63) is 51.2 Å². The van der Waals surface area contributed by atoms with Crippen LogP contribution in [0, 0.1) is 0 Å². The molecular formula is C18H16ClNO3S3. The van der Waals surface area contributed by atoms with E-state index in [4.69, 9.17) is 16.3 Å². The Kier molecular flexibility index (Phi) is 6.83. The molecule has 2 amide bonds. The van der Waals surface area contributed by atoms with Gasteiger partial charge in [-0.2, -0.15) is 0 Å². The first-order chi connectivity index (χ1) is 12.6. The van der Waals surface area contributed by atoms with Crippen molar-refractivity contribution in [1.82, 2.24) is 4.90 Å². The first-order valence-corrected chi connectivity index (χ1v) is 10.7. The third-order valence-electron chi connectivity index (χ3n) is 3.51. The number of rotatable bonds is 7. The lowest BCUT2D eigenvalue weighted by molar-refractivity contribution is -0.122. The summed E-state index contributed by atoms with van der Waals surface area (Å²) in [6.07, 6.45) is 2.43. The van der Waals surface area contributed by atoms with Crippen LogP contribution in [0.25, 0.3) is 6.08 Å². The number of hydrogen-bond donors (Lipinski definition) is 0. The molecule has 3 rings (SSSR count). The van der Waals surface area contributed by atoms with E-state index in [1.807, 2.05) is 36.4 Å². The Morgan fingerprint density at radius 2 is 1.96 bits per heavy atom. The second-order valence-corrected chi connectivity index (χ2v) is 9.31. The van der Waals surface area contributed by atoms with Gasteiger partial charge in [-0.05, 0) is 60.7 Å². The average molecular weight is 426 g/mol. The number of carbonyl (C=O) groups excluding carboxylic acids is 2. The minimum absolute atomic E-state index is 0.218. The molecule has 2 heterocycles. The standard InChI is InChI=1S/C18H16ClNO3S3/c1-23-10-2-9-20-17(21)15(26-18(20)22)11-14-7-8-16(25-14)24-13-5-3-12(19)4-6-13/h3-8,11H,2,9-10H2,1H3/b15-11+. The molecule has 0 radical (unpaired) electrons. The molecule has 0 bridgehead atoms. The number of halogens is 1. The first-order valence-electron chi connectivity index (χ1n) is 7.84. The molecule has 1 fully saturated rings.